The van der Waals surface area contributed by atoms with E-state index in [2.05, 4.69) is 5.32 Å². The highest BCUT2D eigenvalue weighted by molar-refractivity contribution is 5.78. The van der Waals surface area contributed by atoms with Crippen LogP contribution in [0, 0.1) is 5.92 Å². The van der Waals surface area contributed by atoms with Crippen molar-refractivity contribution in [1.29, 1.82) is 0 Å². The number of hydrogen-bond acceptors (Lipinski definition) is 3. The van der Waals surface area contributed by atoms with Crippen molar-refractivity contribution < 1.29 is 9.90 Å². The molecular formula is C7H16N2O2. The van der Waals surface area contributed by atoms with Crippen LogP contribution in [0.4, 0.5) is 0 Å². The van der Waals surface area contributed by atoms with E-state index in [4.69, 9.17) is 10.8 Å². The number of nitrogens with two attached hydrogens (primary N) is 1. The Morgan fingerprint density at radius 2 is 2.36 bits per heavy atom. The van der Waals surface area contributed by atoms with Crippen LogP contribution in [0.3, 0.4) is 0 Å². The van der Waals surface area contributed by atoms with Gasteiger partial charge in [-0.25, -0.2) is 0 Å². The lowest BCUT2D eigenvalue weighted by Crippen LogP contribution is -2.36. The van der Waals surface area contributed by atoms with Gasteiger partial charge in [-0.3, -0.25) is 4.79 Å². The molecule has 11 heavy (non-hydrogen) atoms. The van der Waals surface area contributed by atoms with Crippen LogP contribution in [0.25, 0.3) is 0 Å². The van der Waals surface area contributed by atoms with E-state index in [0.29, 0.717) is 13.1 Å². The molecule has 0 spiro atoms. The van der Waals surface area contributed by atoms with Crippen LogP contribution in [-0.4, -0.2) is 30.7 Å². The molecule has 0 aromatic heterocycles. The molecule has 0 aliphatic heterocycles. The second kappa shape index (κ2) is 6.12. The molecular weight excluding hydrogens is 144 g/mol. The van der Waals surface area contributed by atoms with E-state index in [1.54, 1.807) is 0 Å². The highest BCUT2D eigenvalue weighted by Gasteiger charge is 2.12. The largest absolute Gasteiger partial charge is 0.395 e. The summed E-state index contributed by atoms with van der Waals surface area (Å²) in [5, 5.41) is 11.0. The molecule has 0 saturated carbocycles. The summed E-state index contributed by atoms with van der Waals surface area (Å²) >= 11 is 0. The molecule has 1 amide bonds. The van der Waals surface area contributed by atoms with E-state index in [-0.39, 0.29) is 18.4 Å². The molecule has 1 atom stereocenters. The number of nitrogens with one attached hydrogen (secondary N) is 1. The first kappa shape index (κ1) is 10.4. The first-order chi connectivity index (χ1) is 5.26. The molecule has 4 heteroatoms. The molecule has 0 heterocycles. The molecule has 0 bridgehead atoms. The van der Waals surface area contributed by atoms with Gasteiger partial charge >= 0.3 is 0 Å². The zero-order valence-corrected chi connectivity index (χ0v) is 6.84. The van der Waals surface area contributed by atoms with E-state index >= 15 is 0 Å². The molecule has 1 unspecified atom stereocenters. The summed E-state index contributed by atoms with van der Waals surface area (Å²) in [6, 6.07) is 0. The fourth-order valence-electron chi connectivity index (χ4n) is 0.783. The summed E-state index contributed by atoms with van der Waals surface area (Å²) < 4.78 is 0. The molecule has 0 aromatic carbocycles. The Kier molecular flexibility index (Phi) is 5.78. The van der Waals surface area contributed by atoms with Crippen LogP contribution in [0.5, 0.6) is 0 Å². The third kappa shape index (κ3) is 3.95. The van der Waals surface area contributed by atoms with E-state index < -0.39 is 0 Å². The van der Waals surface area contributed by atoms with Crippen molar-refractivity contribution in [2.45, 2.75) is 13.3 Å². The van der Waals surface area contributed by atoms with Crippen LogP contribution in [-0.2, 0) is 4.79 Å². The number of carbonyl (C=O) groups excluding carboxylic acids is 1. The molecule has 0 aromatic rings. The van der Waals surface area contributed by atoms with Gasteiger partial charge < -0.3 is 16.2 Å². The predicted octanol–water partition coefficient (Wildman–Crippen LogP) is -0.920. The fraction of sp³-hybridized carbons (Fsp3) is 0.857. The van der Waals surface area contributed by atoms with E-state index in [0.717, 1.165) is 6.42 Å². The quantitative estimate of drug-likeness (QED) is 0.487. The van der Waals surface area contributed by atoms with Crippen molar-refractivity contribution in [2.75, 3.05) is 19.7 Å². The molecule has 4 nitrogen and oxygen atoms in total. The van der Waals surface area contributed by atoms with Gasteiger partial charge in [-0.05, 0) is 6.42 Å². The average molecular weight is 160 g/mol. The highest BCUT2D eigenvalue weighted by atomic mass is 16.3. The summed E-state index contributed by atoms with van der Waals surface area (Å²) in [5.41, 5.74) is 5.33. The maximum atomic E-state index is 11.1. The van der Waals surface area contributed by atoms with Crippen LogP contribution < -0.4 is 11.1 Å². The van der Waals surface area contributed by atoms with Crippen LogP contribution in [0.1, 0.15) is 13.3 Å². The lowest BCUT2D eigenvalue weighted by atomic mass is 10.1. The second-order valence-corrected chi connectivity index (χ2v) is 2.36. The standard InChI is InChI=1S/C7H16N2O2/c1-2-6(5-8)7(11)9-3-4-10/h6,10H,2-5,8H2,1H3,(H,9,11). The Morgan fingerprint density at radius 1 is 1.73 bits per heavy atom. The minimum atomic E-state index is -0.110. The number of hydrogen-bond donors (Lipinski definition) is 3. The minimum absolute atomic E-state index is 0.0211. The maximum absolute atomic E-state index is 11.1. The van der Waals surface area contributed by atoms with Crippen molar-refractivity contribution in [2.24, 2.45) is 11.7 Å². The molecule has 0 aliphatic carbocycles. The van der Waals surface area contributed by atoms with Crippen LogP contribution >= 0.6 is 0 Å². The molecule has 4 N–H and O–H groups in total. The summed E-state index contributed by atoms with van der Waals surface area (Å²) in [6.07, 6.45) is 0.744. The first-order valence-corrected chi connectivity index (χ1v) is 3.84. The monoisotopic (exact) mass is 160 g/mol. The average Bonchev–Trinajstić information content (AvgIpc) is 2.03. The number of aliphatic hydroxyl groups excluding tert-OH is 1. The number of amides is 1. The van der Waals surface area contributed by atoms with Crippen molar-refractivity contribution in [3.05, 3.63) is 0 Å². The van der Waals surface area contributed by atoms with Crippen molar-refractivity contribution in [1.82, 2.24) is 5.32 Å². The lowest BCUT2D eigenvalue weighted by molar-refractivity contribution is -0.124. The van der Waals surface area contributed by atoms with Gasteiger partial charge in [0.1, 0.15) is 0 Å². The summed E-state index contributed by atoms with van der Waals surface area (Å²) in [5.74, 6) is -0.175. The SMILES string of the molecule is CCC(CN)C(=O)NCCO. The van der Waals surface area contributed by atoms with Crippen LogP contribution in [0.2, 0.25) is 0 Å². The van der Waals surface area contributed by atoms with Crippen LogP contribution in [0.15, 0.2) is 0 Å². The Morgan fingerprint density at radius 3 is 2.73 bits per heavy atom. The lowest BCUT2D eigenvalue weighted by Gasteiger charge is -2.11. The van der Waals surface area contributed by atoms with E-state index in [1.807, 2.05) is 6.92 Å². The smallest absolute Gasteiger partial charge is 0.224 e. The normalized spacial score (nSPS) is 12.6. The van der Waals surface area contributed by atoms with E-state index in [1.165, 1.54) is 0 Å². The predicted molar refractivity (Wildman–Crippen MR) is 42.9 cm³/mol. The zero-order chi connectivity index (χ0) is 8.69. The summed E-state index contributed by atoms with van der Waals surface area (Å²) in [7, 11) is 0. The van der Waals surface area contributed by atoms with Gasteiger partial charge in [0, 0.05) is 19.0 Å². The zero-order valence-electron chi connectivity index (χ0n) is 6.84. The third-order valence-corrected chi connectivity index (χ3v) is 1.56. The topological polar surface area (TPSA) is 75.4 Å². The van der Waals surface area contributed by atoms with Gasteiger partial charge in [-0.15, -0.1) is 0 Å². The van der Waals surface area contributed by atoms with Gasteiger partial charge in [-0.2, -0.15) is 0 Å². The highest BCUT2D eigenvalue weighted by Crippen LogP contribution is 1.98. The van der Waals surface area contributed by atoms with Gasteiger partial charge in [0.2, 0.25) is 5.91 Å². The minimum Gasteiger partial charge on any atom is -0.395 e. The number of aliphatic hydroxyl groups is 1. The number of carbonyl (C=O) groups is 1. The Hall–Kier alpha value is -0.610. The molecule has 0 rings (SSSR count). The Bertz CT molecular complexity index is 113. The summed E-state index contributed by atoms with van der Waals surface area (Å²) in [4.78, 5) is 11.1. The fourth-order valence-corrected chi connectivity index (χ4v) is 0.783. The van der Waals surface area contributed by atoms with Crippen molar-refractivity contribution in [3.63, 3.8) is 0 Å². The molecule has 0 radical (unpaired) electrons. The first-order valence-electron chi connectivity index (χ1n) is 3.84. The molecule has 0 saturated heterocycles. The molecule has 66 valence electrons. The van der Waals surface area contributed by atoms with Gasteiger partial charge in [-0.1, -0.05) is 6.92 Å². The van der Waals surface area contributed by atoms with Gasteiger partial charge in [0.15, 0.2) is 0 Å². The van der Waals surface area contributed by atoms with Crippen molar-refractivity contribution in [3.8, 4) is 0 Å². The number of rotatable bonds is 5. The second-order valence-electron chi connectivity index (χ2n) is 2.36. The Labute approximate surface area is 66.8 Å². The third-order valence-electron chi connectivity index (χ3n) is 1.56. The molecule has 0 fully saturated rings. The molecule has 0 aliphatic rings. The summed E-state index contributed by atoms with van der Waals surface area (Å²) in [6.45, 7) is 2.58. The van der Waals surface area contributed by atoms with Crippen molar-refractivity contribution >= 4 is 5.91 Å². The maximum Gasteiger partial charge on any atom is 0.224 e. The Balaban J connectivity index is 3.61. The van der Waals surface area contributed by atoms with Gasteiger partial charge in [0.25, 0.3) is 0 Å². The van der Waals surface area contributed by atoms with E-state index in [9.17, 15) is 4.79 Å². The van der Waals surface area contributed by atoms with Gasteiger partial charge in [0.05, 0.1) is 6.61 Å².